The van der Waals surface area contributed by atoms with Gasteiger partial charge in [0.1, 0.15) is 11.6 Å². The van der Waals surface area contributed by atoms with E-state index in [0.29, 0.717) is 24.9 Å². The molecule has 126 valence electrons. The summed E-state index contributed by atoms with van der Waals surface area (Å²) in [5.74, 6) is -1.54. The molecule has 1 unspecified atom stereocenters. The molecular formula is C18H18F2N2O2. The van der Waals surface area contributed by atoms with E-state index in [2.05, 4.69) is 5.32 Å². The van der Waals surface area contributed by atoms with Crippen LogP contribution < -0.4 is 5.32 Å². The summed E-state index contributed by atoms with van der Waals surface area (Å²) in [7, 11) is 0. The van der Waals surface area contributed by atoms with Crippen molar-refractivity contribution in [3.8, 4) is 11.1 Å². The Balaban J connectivity index is 1.91. The average Bonchev–Trinajstić information content (AvgIpc) is 2.57. The Morgan fingerprint density at radius 3 is 2.67 bits per heavy atom. The molecule has 0 saturated carbocycles. The van der Waals surface area contributed by atoms with Crippen LogP contribution in [-0.4, -0.2) is 35.2 Å². The van der Waals surface area contributed by atoms with Crippen molar-refractivity contribution in [1.82, 2.24) is 4.90 Å². The van der Waals surface area contributed by atoms with Gasteiger partial charge in [0.2, 0.25) is 0 Å². The van der Waals surface area contributed by atoms with E-state index in [0.717, 1.165) is 6.07 Å². The number of urea groups is 1. The summed E-state index contributed by atoms with van der Waals surface area (Å²) < 4.78 is 27.9. The summed E-state index contributed by atoms with van der Waals surface area (Å²) in [6, 6.07) is 10.2. The minimum atomic E-state index is -0.834. The Morgan fingerprint density at radius 1 is 1.21 bits per heavy atom. The minimum absolute atomic E-state index is 0.0623. The van der Waals surface area contributed by atoms with Crippen LogP contribution in [0.1, 0.15) is 12.8 Å². The van der Waals surface area contributed by atoms with Crippen LogP contribution in [0.25, 0.3) is 11.1 Å². The monoisotopic (exact) mass is 332 g/mol. The fourth-order valence-corrected chi connectivity index (χ4v) is 2.87. The summed E-state index contributed by atoms with van der Waals surface area (Å²) in [6.45, 7) is 0.696. The largest absolute Gasteiger partial charge is 0.391 e. The summed E-state index contributed by atoms with van der Waals surface area (Å²) >= 11 is 0. The number of carbonyl (C=O) groups excluding carboxylic acids is 1. The van der Waals surface area contributed by atoms with Gasteiger partial charge in [-0.15, -0.1) is 0 Å². The van der Waals surface area contributed by atoms with Crippen molar-refractivity contribution in [3.05, 3.63) is 54.1 Å². The van der Waals surface area contributed by atoms with E-state index in [9.17, 15) is 18.7 Å². The molecule has 2 aromatic carbocycles. The number of hydrogen-bond donors (Lipinski definition) is 2. The second kappa shape index (κ2) is 6.97. The van der Waals surface area contributed by atoms with Gasteiger partial charge in [0.25, 0.3) is 0 Å². The van der Waals surface area contributed by atoms with E-state index < -0.39 is 23.8 Å². The second-order valence-corrected chi connectivity index (χ2v) is 5.85. The SMILES string of the molecule is O=C(Nc1c(F)cc(F)cc1-c1ccccc1)N1CCCC(O)C1. The molecule has 0 spiro atoms. The van der Waals surface area contributed by atoms with Crippen LogP contribution in [0.15, 0.2) is 42.5 Å². The van der Waals surface area contributed by atoms with Crippen LogP contribution >= 0.6 is 0 Å². The van der Waals surface area contributed by atoms with E-state index in [1.807, 2.05) is 0 Å². The molecule has 2 aromatic rings. The number of nitrogens with zero attached hydrogens (tertiary/aromatic N) is 1. The number of benzene rings is 2. The summed E-state index contributed by atoms with van der Waals surface area (Å²) in [6.07, 6.45) is 0.756. The molecule has 1 fully saturated rings. The van der Waals surface area contributed by atoms with Gasteiger partial charge in [-0.25, -0.2) is 13.6 Å². The molecule has 0 aromatic heterocycles. The van der Waals surface area contributed by atoms with E-state index in [4.69, 9.17) is 0 Å². The number of halogens is 2. The molecule has 1 aliphatic rings. The molecule has 1 saturated heterocycles. The lowest BCUT2D eigenvalue weighted by Gasteiger charge is -2.30. The number of piperidine rings is 1. The number of aliphatic hydroxyl groups is 1. The number of likely N-dealkylation sites (tertiary alicyclic amines) is 1. The standard InChI is InChI=1S/C18H18F2N2O2/c19-13-9-15(12-5-2-1-3-6-12)17(16(20)10-13)21-18(24)22-8-4-7-14(23)11-22/h1-3,5-6,9-10,14,23H,4,7-8,11H2,(H,21,24). The first kappa shape index (κ1) is 16.4. The molecule has 2 N–H and O–H groups in total. The molecule has 1 atom stereocenters. The molecule has 3 rings (SSSR count). The molecule has 0 radical (unpaired) electrons. The van der Waals surface area contributed by atoms with Gasteiger partial charge in [0, 0.05) is 24.7 Å². The number of hydrogen-bond acceptors (Lipinski definition) is 2. The second-order valence-electron chi connectivity index (χ2n) is 5.85. The summed E-state index contributed by atoms with van der Waals surface area (Å²) in [4.78, 5) is 13.8. The molecule has 6 heteroatoms. The zero-order chi connectivity index (χ0) is 17.1. The van der Waals surface area contributed by atoms with Gasteiger partial charge in [0.15, 0.2) is 0 Å². The lowest BCUT2D eigenvalue weighted by Crippen LogP contribution is -2.44. The highest BCUT2D eigenvalue weighted by molar-refractivity contribution is 5.94. The molecule has 24 heavy (non-hydrogen) atoms. The lowest BCUT2D eigenvalue weighted by atomic mass is 10.0. The molecule has 0 bridgehead atoms. The van der Waals surface area contributed by atoms with Crippen molar-refractivity contribution in [2.24, 2.45) is 0 Å². The molecule has 1 heterocycles. The quantitative estimate of drug-likeness (QED) is 0.882. The van der Waals surface area contributed by atoms with E-state index in [-0.39, 0.29) is 17.8 Å². The Morgan fingerprint density at radius 2 is 1.96 bits per heavy atom. The number of carbonyl (C=O) groups is 1. The fourth-order valence-electron chi connectivity index (χ4n) is 2.87. The third-order valence-corrected chi connectivity index (χ3v) is 4.06. The van der Waals surface area contributed by atoms with Crippen LogP contribution in [0, 0.1) is 11.6 Å². The van der Waals surface area contributed by atoms with Gasteiger partial charge in [0.05, 0.1) is 11.8 Å². The van der Waals surface area contributed by atoms with E-state index in [1.165, 1.54) is 11.0 Å². The predicted molar refractivity (Wildman–Crippen MR) is 87.6 cm³/mol. The zero-order valence-electron chi connectivity index (χ0n) is 13.0. The van der Waals surface area contributed by atoms with Crippen LogP contribution in [0.5, 0.6) is 0 Å². The third kappa shape index (κ3) is 3.54. The van der Waals surface area contributed by atoms with Crippen molar-refractivity contribution in [2.75, 3.05) is 18.4 Å². The highest BCUT2D eigenvalue weighted by Crippen LogP contribution is 2.31. The Kier molecular flexibility index (Phi) is 4.76. The van der Waals surface area contributed by atoms with Gasteiger partial charge in [-0.05, 0) is 24.5 Å². The Labute approximate surface area is 138 Å². The molecule has 1 aliphatic heterocycles. The number of aliphatic hydroxyl groups excluding tert-OH is 1. The first-order valence-electron chi connectivity index (χ1n) is 7.83. The van der Waals surface area contributed by atoms with E-state index in [1.54, 1.807) is 30.3 Å². The normalized spacial score (nSPS) is 17.6. The highest BCUT2D eigenvalue weighted by atomic mass is 19.1. The first-order valence-corrected chi connectivity index (χ1v) is 7.83. The minimum Gasteiger partial charge on any atom is -0.391 e. The van der Waals surface area contributed by atoms with Crippen molar-refractivity contribution in [3.63, 3.8) is 0 Å². The fraction of sp³-hybridized carbons (Fsp3) is 0.278. The van der Waals surface area contributed by atoms with Crippen LogP contribution in [-0.2, 0) is 0 Å². The Bertz CT molecular complexity index is 737. The Hall–Kier alpha value is -2.47. The van der Waals surface area contributed by atoms with Gasteiger partial charge < -0.3 is 15.3 Å². The topological polar surface area (TPSA) is 52.6 Å². The smallest absolute Gasteiger partial charge is 0.322 e. The van der Waals surface area contributed by atoms with Crippen LogP contribution in [0.3, 0.4) is 0 Å². The summed E-state index contributed by atoms with van der Waals surface area (Å²) in [5.41, 5.74) is 0.816. The van der Waals surface area contributed by atoms with Crippen LogP contribution in [0.2, 0.25) is 0 Å². The van der Waals surface area contributed by atoms with Crippen molar-refractivity contribution in [1.29, 1.82) is 0 Å². The predicted octanol–water partition coefficient (Wildman–Crippen LogP) is 3.62. The number of nitrogens with one attached hydrogen (secondary N) is 1. The number of β-amino-alcohol motifs (C(OH)–C–C–N with tert-alkyl or cyclic N) is 1. The maximum Gasteiger partial charge on any atom is 0.322 e. The number of anilines is 1. The van der Waals surface area contributed by atoms with Gasteiger partial charge in [-0.3, -0.25) is 0 Å². The van der Waals surface area contributed by atoms with E-state index >= 15 is 0 Å². The lowest BCUT2D eigenvalue weighted by molar-refractivity contribution is 0.0883. The maximum absolute atomic E-state index is 14.3. The maximum atomic E-state index is 14.3. The van der Waals surface area contributed by atoms with Crippen molar-refractivity contribution >= 4 is 11.7 Å². The van der Waals surface area contributed by atoms with Crippen molar-refractivity contribution < 1.29 is 18.7 Å². The highest BCUT2D eigenvalue weighted by Gasteiger charge is 2.24. The summed E-state index contributed by atoms with van der Waals surface area (Å²) in [5, 5.41) is 12.2. The molecular weight excluding hydrogens is 314 g/mol. The molecule has 0 aliphatic carbocycles. The third-order valence-electron chi connectivity index (χ3n) is 4.06. The number of rotatable bonds is 2. The molecule has 2 amide bonds. The van der Waals surface area contributed by atoms with Gasteiger partial charge in [-0.2, -0.15) is 0 Å². The van der Waals surface area contributed by atoms with Crippen molar-refractivity contribution in [2.45, 2.75) is 18.9 Å². The first-order chi connectivity index (χ1) is 11.5. The van der Waals surface area contributed by atoms with Gasteiger partial charge in [-0.1, -0.05) is 30.3 Å². The van der Waals surface area contributed by atoms with Crippen LogP contribution in [0.4, 0.5) is 19.3 Å². The number of amides is 2. The van der Waals surface area contributed by atoms with Gasteiger partial charge >= 0.3 is 6.03 Å². The average molecular weight is 332 g/mol. The molecule has 4 nitrogen and oxygen atoms in total. The zero-order valence-corrected chi connectivity index (χ0v) is 13.0.